The summed E-state index contributed by atoms with van der Waals surface area (Å²) in [6.07, 6.45) is 2.88. The number of alkyl carbamates (subject to hydrolysis) is 1. The molecule has 1 amide bonds. The molecule has 2 N–H and O–H groups in total. The minimum absolute atomic E-state index is 0.153. The van der Waals surface area contributed by atoms with E-state index < -0.39 is 23.7 Å². The third kappa shape index (κ3) is 7.35. The van der Waals surface area contributed by atoms with Gasteiger partial charge in [-0.15, -0.1) is 0 Å². The van der Waals surface area contributed by atoms with Gasteiger partial charge in [-0.25, -0.2) is 9.59 Å². The fourth-order valence-corrected chi connectivity index (χ4v) is 1.73. The number of benzene rings is 1. The highest BCUT2D eigenvalue weighted by Gasteiger charge is 2.22. The topological polar surface area (TPSA) is 84.9 Å². The molecule has 0 saturated carbocycles. The Bertz CT molecular complexity index is 557. The van der Waals surface area contributed by atoms with Gasteiger partial charge in [0.25, 0.3) is 0 Å². The van der Waals surface area contributed by atoms with Crippen molar-refractivity contribution in [1.29, 1.82) is 0 Å². The van der Waals surface area contributed by atoms with Crippen molar-refractivity contribution in [2.24, 2.45) is 0 Å². The van der Waals surface area contributed by atoms with E-state index in [0.29, 0.717) is 0 Å². The zero-order chi connectivity index (χ0) is 17.5. The molecule has 23 heavy (non-hydrogen) atoms. The molecule has 0 aliphatic heterocycles. The molecule has 1 atom stereocenters. The van der Waals surface area contributed by atoms with Crippen LogP contribution < -0.4 is 10.1 Å². The Hall–Kier alpha value is -2.50. The number of hydrogen-bond acceptors (Lipinski definition) is 4. The Morgan fingerprint density at radius 2 is 1.87 bits per heavy atom. The van der Waals surface area contributed by atoms with Gasteiger partial charge in [-0.05, 0) is 44.9 Å². The molecule has 126 valence electrons. The summed E-state index contributed by atoms with van der Waals surface area (Å²) < 4.78 is 10.1. The zero-order valence-corrected chi connectivity index (χ0v) is 13.8. The van der Waals surface area contributed by atoms with Gasteiger partial charge in [0.2, 0.25) is 0 Å². The number of hydrogen-bond donors (Lipinski definition) is 2. The monoisotopic (exact) mass is 321 g/mol. The van der Waals surface area contributed by atoms with Crippen molar-refractivity contribution < 1.29 is 24.2 Å². The van der Waals surface area contributed by atoms with Crippen molar-refractivity contribution in [3.63, 3.8) is 0 Å². The summed E-state index contributed by atoms with van der Waals surface area (Å²) in [5.74, 6) is -0.368. The molecule has 0 aliphatic carbocycles. The van der Waals surface area contributed by atoms with Crippen LogP contribution >= 0.6 is 0 Å². The van der Waals surface area contributed by atoms with Crippen LogP contribution in [0.5, 0.6) is 5.75 Å². The van der Waals surface area contributed by atoms with Crippen LogP contribution in [-0.2, 0) is 9.53 Å². The number of ether oxygens (including phenoxy) is 2. The van der Waals surface area contributed by atoms with E-state index in [2.05, 4.69) is 5.32 Å². The van der Waals surface area contributed by atoms with E-state index in [0.717, 1.165) is 11.3 Å². The van der Waals surface area contributed by atoms with Gasteiger partial charge in [0, 0.05) is 0 Å². The fraction of sp³-hybridized carbons (Fsp3) is 0.412. The number of aliphatic carboxylic acids is 1. The minimum atomic E-state index is -1.12. The second kappa shape index (κ2) is 8.22. The van der Waals surface area contributed by atoms with Crippen molar-refractivity contribution in [2.75, 3.05) is 7.11 Å². The van der Waals surface area contributed by atoms with E-state index in [-0.39, 0.29) is 6.42 Å². The van der Waals surface area contributed by atoms with Crippen LogP contribution in [0.15, 0.2) is 30.3 Å². The first-order valence-corrected chi connectivity index (χ1v) is 7.24. The molecule has 0 bridgehead atoms. The minimum Gasteiger partial charge on any atom is -0.497 e. The molecule has 1 aromatic rings. The Balaban J connectivity index is 2.60. The van der Waals surface area contributed by atoms with Crippen LogP contribution in [0.2, 0.25) is 0 Å². The highest BCUT2D eigenvalue weighted by molar-refractivity contribution is 5.80. The van der Waals surface area contributed by atoms with Crippen LogP contribution in [0.3, 0.4) is 0 Å². The van der Waals surface area contributed by atoms with Gasteiger partial charge < -0.3 is 19.9 Å². The van der Waals surface area contributed by atoms with Crippen LogP contribution in [0.4, 0.5) is 4.79 Å². The molecule has 0 aliphatic rings. The second-order valence-corrected chi connectivity index (χ2v) is 5.95. The smallest absolute Gasteiger partial charge is 0.408 e. The van der Waals surface area contributed by atoms with Crippen molar-refractivity contribution in [2.45, 2.75) is 38.8 Å². The molecule has 0 unspecified atom stereocenters. The molecule has 0 heterocycles. The Labute approximate surface area is 136 Å². The Kier molecular flexibility index (Phi) is 6.63. The first-order valence-electron chi connectivity index (χ1n) is 7.24. The lowest BCUT2D eigenvalue weighted by molar-refractivity contribution is -0.139. The van der Waals surface area contributed by atoms with Gasteiger partial charge in [0.05, 0.1) is 7.11 Å². The molecule has 6 nitrogen and oxygen atoms in total. The molecule has 0 radical (unpaired) electrons. The van der Waals surface area contributed by atoms with E-state index in [1.54, 1.807) is 40.0 Å². The molecule has 0 fully saturated rings. The molecular weight excluding hydrogens is 298 g/mol. The molecule has 6 heteroatoms. The van der Waals surface area contributed by atoms with Gasteiger partial charge in [-0.3, -0.25) is 0 Å². The van der Waals surface area contributed by atoms with Crippen molar-refractivity contribution in [3.8, 4) is 5.75 Å². The summed E-state index contributed by atoms with van der Waals surface area (Å²) in [6, 6.07) is 6.29. The van der Waals surface area contributed by atoms with E-state index in [4.69, 9.17) is 14.6 Å². The molecule has 0 spiro atoms. The lowest BCUT2D eigenvalue weighted by Gasteiger charge is -2.21. The lowest BCUT2D eigenvalue weighted by Crippen LogP contribution is -2.43. The van der Waals surface area contributed by atoms with Gasteiger partial charge in [-0.2, -0.15) is 0 Å². The fourth-order valence-electron chi connectivity index (χ4n) is 1.73. The summed E-state index contributed by atoms with van der Waals surface area (Å²) >= 11 is 0. The maximum absolute atomic E-state index is 11.6. The highest BCUT2D eigenvalue weighted by atomic mass is 16.6. The predicted molar refractivity (Wildman–Crippen MR) is 87.4 cm³/mol. The summed E-state index contributed by atoms with van der Waals surface area (Å²) in [4.78, 5) is 22.8. The average Bonchev–Trinajstić information content (AvgIpc) is 2.44. The Morgan fingerprint density at radius 1 is 1.26 bits per heavy atom. The van der Waals surface area contributed by atoms with Crippen LogP contribution in [0.1, 0.15) is 32.8 Å². The third-order valence-corrected chi connectivity index (χ3v) is 2.79. The normalized spacial score (nSPS) is 12.7. The summed E-state index contributed by atoms with van der Waals surface area (Å²) in [5, 5.41) is 11.5. The Morgan fingerprint density at radius 3 is 2.35 bits per heavy atom. The maximum atomic E-state index is 11.6. The number of carbonyl (C=O) groups excluding carboxylic acids is 1. The van der Waals surface area contributed by atoms with Crippen molar-refractivity contribution in [3.05, 3.63) is 35.9 Å². The third-order valence-electron chi connectivity index (χ3n) is 2.79. The number of rotatable bonds is 6. The first kappa shape index (κ1) is 18.5. The van der Waals surface area contributed by atoms with Gasteiger partial charge in [0.1, 0.15) is 17.4 Å². The number of methoxy groups -OCH3 is 1. The number of carboxylic acids is 1. The number of carbonyl (C=O) groups is 2. The largest absolute Gasteiger partial charge is 0.497 e. The number of amides is 1. The SMILES string of the molecule is COc1ccc(C=CC[C@H](NC(=O)OC(C)(C)C)C(=O)O)cc1. The lowest BCUT2D eigenvalue weighted by atomic mass is 10.1. The maximum Gasteiger partial charge on any atom is 0.408 e. The average molecular weight is 321 g/mol. The van der Waals surface area contributed by atoms with E-state index in [1.807, 2.05) is 24.3 Å². The molecule has 0 aromatic heterocycles. The van der Waals surface area contributed by atoms with Gasteiger partial charge >= 0.3 is 12.1 Å². The van der Waals surface area contributed by atoms with Crippen LogP contribution in [0, 0.1) is 0 Å². The van der Waals surface area contributed by atoms with E-state index in [9.17, 15) is 9.59 Å². The van der Waals surface area contributed by atoms with Crippen molar-refractivity contribution >= 4 is 18.1 Å². The molecule has 1 aromatic carbocycles. The number of carboxylic acid groups (broad SMARTS) is 1. The van der Waals surface area contributed by atoms with Gasteiger partial charge in [-0.1, -0.05) is 24.3 Å². The predicted octanol–water partition coefficient (Wildman–Crippen LogP) is 3.08. The van der Waals surface area contributed by atoms with E-state index >= 15 is 0 Å². The summed E-state index contributed by atoms with van der Waals surface area (Å²) in [7, 11) is 1.59. The summed E-state index contributed by atoms with van der Waals surface area (Å²) in [6.45, 7) is 5.14. The first-order chi connectivity index (χ1) is 10.7. The second-order valence-electron chi connectivity index (χ2n) is 5.95. The number of nitrogens with one attached hydrogen (secondary N) is 1. The van der Waals surface area contributed by atoms with Crippen molar-refractivity contribution in [1.82, 2.24) is 5.32 Å². The van der Waals surface area contributed by atoms with Gasteiger partial charge in [0.15, 0.2) is 0 Å². The van der Waals surface area contributed by atoms with Crippen LogP contribution in [0.25, 0.3) is 6.08 Å². The van der Waals surface area contributed by atoms with E-state index in [1.165, 1.54) is 0 Å². The molecule has 0 saturated heterocycles. The highest BCUT2D eigenvalue weighted by Crippen LogP contribution is 2.13. The molecular formula is C17H23NO5. The summed E-state index contributed by atoms with van der Waals surface area (Å²) in [5.41, 5.74) is 0.235. The molecule has 1 rings (SSSR count). The standard InChI is InChI=1S/C17H23NO5/c1-17(2,3)23-16(21)18-14(15(19)20)7-5-6-12-8-10-13(22-4)11-9-12/h5-6,8-11,14H,7H2,1-4H3,(H,18,21)(H,19,20)/t14-/m0/s1. The quantitative estimate of drug-likeness (QED) is 0.841. The zero-order valence-electron chi connectivity index (χ0n) is 13.8. The van der Waals surface area contributed by atoms with Crippen LogP contribution in [-0.4, -0.2) is 35.9 Å².